The molecule has 0 spiro atoms. The first kappa shape index (κ1) is 22.0. The number of carbonyl (C=O) groups excluding carboxylic acids is 1. The summed E-state index contributed by atoms with van der Waals surface area (Å²) in [4.78, 5) is 14.5. The van der Waals surface area contributed by atoms with Crippen molar-refractivity contribution >= 4 is 34.7 Å². The van der Waals surface area contributed by atoms with Gasteiger partial charge in [0.1, 0.15) is 5.82 Å². The van der Waals surface area contributed by atoms with Gasteiger partial charge in [-0.1, -0.05) is 29.3 Å². The Labute approximate surface area is 180 Å². The number of halogens is 3. The third-order valence-corrected chi connectivity index (χ3v) is 6.24. The SMILES string of the molecule is Nc1cc(F)ccc1C(=O)CCCN1CCC(O)(Cc2ccc(Cl)c(Cl)c2)CC1. The maximum atomic E-state index is 13.1. The van der Waals surface area contributed by atoms with Crippen LogP contribution in [0.3, 0.4) is 0 Å². The van der Waals surface area contributed by atoms with E-state index in [0.717, 1.165) is 25.2 Å². The van der Waals surface area contributed by atoms with Crippen LogP contribution in [0.1, 0.15) is 41.6 Å². The van der Waals surface area contributed by atoms with E-state index in [0.29, 0.717) is 47.7 Å². The summed E-state index contributed by atoms with van der Waals surface area (Å²) >= 11 is 12.0. The van der Waals surface area contributed by atoms with Gasteiger partial charge >= 0.3 is 0 Å². The molecule has 0 bridgehead atoms. The Balaban J connectivity index is 1.44. The number of rotatable bonds is 7. The van der Waals surface area contributed by atoms with E-state index < -0.39 is 11.4 Å². The van der Waals surface area contributed by atoms with Gasteiger partial charge in [-0.2, -0.15) is 0 Å². The van der Waals surface area contributed by atoms with Crippen molar-refractivity contribution in [3.05, 3.63) is 63.4 Å². The maximum Gasteiger partial charge on any atom is 0.164 e. The zero-order valence-electron chi connectivity index (χ0n) is 16.1. The minimum Gasteiger partial charge on any atom is -0.398 e. The van der Waals surface area contributed by atoms with Gasteiger partial charge in [0.05, 0.1) is 15.6 Å². The quantitative estimate of drug-likeness (QED) is 0.483. The standard InChI is InChI=1S/C22H25Cl2FN2O2/c23-18-6-3-15(12-19(18)24)14-22(29)7-10-27(11-8-22)9-1-2-21(28)17-5-4-16(25)13-20(17)26/h3-6,12-13,29H,1-2,7-11,14,26H2. The van der Waals surface area contributed by atoms with Crippen LogP contribution in [0.2, 0.25) is 10.0 Å². The molecule has 0 atom stereocenters. The van der Waals surface area contributed by atoms with Crippen molar-refractivity contribution in [1.29, 1.82) is 0 Å². The van der Waals surface area contributed by atoms with Crippen LogP contribution in [0.5, 0.6) is 0 Å². The lowest BCUT2D eigenvalue weighted by Crippen LogP contribution is -2.45. The van der Waals surface area contributed by atoms with Crippen molar-refractivity contribution in [2.24, 2.45) is 0 Å². The maximum absolute atomic E-state index is 13.1. The van der Waals surface area contributed by atoms with Crippen molar-refractivity contribution in [2.45, 2.75) is 37.7 Å². The minimum atomic E-state index is -0.758. The van der Waals surface area contributed by atoms with Crippen LogP contribution in [-0.2, 0) is 6.42 Å². The van der Waals surface area contributed by atoms with Crippen molar-refractivity contribution in [3.8, 4) is 0 Å². The molecule has 0 saturated carbocycles. The van der Waals surface area contributed by atoms with Crippen LogP contribution in [-0.4, -0.2) is 41.0 Å². The molecule has 1 fully saturated rings. The number of nitrogens with zero attached hydrogens (tertiary/aromatic N) is 1. The number of piperidine rings is 1. The Kier molecular flexibility index (Phi) is 7.17. The molecule has 1 aliphatic heterocycles. The Morgan fingerprint density at radius 3 is 2.52 bits per heavy atom. The molecule has 2 aromatic carbocycles. The number of nitrogen functional groups attached to an aromatic ring is 1. The van der Waals surface area contributed by atoms with Gasteiger partial charge in [-0.3, -0.25) is 4.79 Å². The summed E-state index contributed by atoms with van der Waals surface area (Å²) in [5.74, 6) is -0.517. The van der Waals surface area contributed by atoms with Crippen molar-refractivity contribution in [1.82, 2.24) is 4.90 Å². The first-order valence-electron chi connectivity index (χ1n) is 9.73. The summed E-state index contributed by atoms with van der Waals surface area (Å²) in [6.07, 6.45) is 2.92. The number of anilines is 1. The normalized spacial score (nSPS) is 16.7. The lowest BCUT2D eigenvalue weighted by atomic mass is 9.85. The highest BCUT2D eigenvalue weighted by Crippen LogP contribution is 2.29. The summed E-state index contributed by atoms with van der Waals surface area (Å²) in [5, 5.41) is 11.9. The fraction of sp³-hybridized carbons (Fsp3) is 0.409. The highest BCUT2D eigenvalue weighted by Gasteiger charge is 2.32. The smallest absolute Gasteiger partial charge is 0.164 e. The van der Waals surface area contributed by atoms with E-state index >= 15 is 0 Å². The third-order valence-electron chi connectivity index (χ3n) is 5.50. The molecule has 0 aliphatic carbocycles. The first-order valence-corrected chi connectivity index (χ1v) is 10.5. The average Bonchev–Trinajstić information content (AvgIpc) is 2.66. The molecule has 3 N–H and O–H groups in total. The van der Waals surface area contributed by atoms with Gasteiger partial charge in [0.25, 0.3) is 0 Å². The highest BCUT2D eigenvalue weighted by molar-refractivity contribution is 6.42. The van der Waals surface area contributed by atoms with Gasteiger partial charge in [0, 0.05) is 37.2 Å². The predicted octanol–water partition coefficient (Wildman–Crippen LogP) is 4.75. The van der Waals surface area contributed by atoms with Crippen molar-refractivity contribution in [2.75, 3.05) is 25.4 Å². The van der Waals surface area contributed by atoms with Gasteiger partial charge in [-0.25, -0.2) is 4.39 Å². The minimum absolute atomic E-state index is 0.0735. The number of nitrogens with two attached hydrogens (primary N) is 1. The lowest BCUT2D eigenvalue weighted by Gasteiger charge is -2.38. The fourth-order valence-electron chi connectivity index (χ4n) is 3.78. The molecule has 0 aromatic heterocycles. The molecule has 3 rings (SSSR count). The molecular weight excluding hydrogens is 414 g/mol. The molecule has 0 radical (unpaired) electrons. The molecule has 7 heteroatoms. The summed E-state index contributed by atoms with van der Waals surface area (Å²) < 4.78 is 13.1. The lowest BCUT2D eigenvalue weighted by molar-refractivity contribution is -0.0207. The third kappa shape index (κ3) is 5.92. The molecule has 156 valence electrons. The number of hydrogen-bond donors (Lipinski definition) is 2. The number of aliphatic hydroxyl groups is 1. The Bertz CT molecular complexity index is 883. The van der Waals surface area contributed by atoms with E-state index in [1.165, 1.54) is 18.2 Å². The number of ketones is 1. The number of benzene rings is 2. The monoisotopic (exact) mass is 438 g/mol. The molecule has 0 amide bonds. The van der Waals surface area contributed by atoms with E-state index in [4.69, 9.17) is 28.9 Å². The predicted molar refractivity (Wildman–Crippen MR) is 115 cm³/mol. The van der Waals surface area contributed by atoms with Gasteiger partial charge in [-0.15, -0.1) is 0 Å². The Morgan fingerprint density at radius 1 is 1.14 bits per heavy atom. The van der Waals surface area contributed by atoms with E-state index in [2.05, 4.69) is 4.90 Å². The average molecular weight is 439 g/mol. The molecular formula is C22H25Cl2FN2O2. The molecule has 1 aliphatic rings. The van der Waals surface area contributed by atoms with Crippen LogP contribution >= 0.6 is 23.2 Å². The van der Waals surface area contributed by atoms with Crippen LogP contribution in [0.15, 0.2) is 36.4 Å². The van der Waals surface area contributed by atoms with Crippen molar-refractivity contribution < 1.29 is 14.3 Å². The topological polar surface area (TPSA) is 66.6 Å². The summed E-state index contributed by atoms with van der Waals surface area (Å²) in [5.41, 5.74) is 6.50. The molecule has 2 aromatic rings. The molecule has 1 heterocycles. The first-order chi connectivity index (χ1) is 13.8. The summed E-state index contributed by atoms with van der Waals surface area (Å²) in [6, 6.07) is 9.32. The second-order valence-electron chi connectivity index (χ2n) is 7.75. The van der Waals surface area contributed by atoms with Gasteiger partial charge in [0.15, 0.2) is 5.78 Å². The molecule has 0 unspecified atom stereocenters. The Morgan fingerprint density at radius 2 is 1.86 bits per heavy atom. The largest absolute Gasteiger partial charge is 0.398 e. The number of hydrogen-bond acceptors (Lipinski definition) is 4. The van der Waals surface area contributed by atoms with Crippen LogP contribution < -0.4 is 5.73 Å². The number of likely N-dealkylation sites (tertiary alicyclic amines) is 1. The van der Waals surface area contributed by atoms with Crippen LogP contribution in [0.4, 0.5) is 10.1 Å². The summed E-state index contributed by atoms with van der Waals surface area (Å²) in [6.45, 7) is 2.31. The summed E-state index contributed by atoms with van der Waals surface area (Å²) in [7, 11) is 0. The van der Waals surface area contributed by atoms with Gasteiger partial charge in [0.2, 0.25) is 0 Å². The van der Waals surface area contributed by atoms with E-state index in [9.17, 15) is 14.3 Å². The highest BCUT2D eigenvalue weighted by atomic mass is 35.5. The molecule has 1 saturated heterocycles. The van der Waals surface area contributed by atoms with E-state index in [1.807, 2.05) is 6.07 Å². The molecule has 4 nitrogen and oxygen atoms in total. The van der Waals surface area contributed by atoms with Crippen LogP contribution in [0, 0.1) is 5.82 Å². The van der Waals surface area contributed by atoms with Crippen molar-refractivity contribution in [3.63, 3.8) is 0 Å². The number of carbonyl (C=O) groups is 1. The zero-order valence-corrected chi connectivity index (χ0v) is 17.6. The van der Waals surface area contributed by atoms with Crippen LogP contribution in [0.25, 0.3) is 0 Å². The number of Topliss-reactive ketones (excluding diaryl/α,β-unsaturated/α-hetero) is 1. The molecule has 29 heavy (non-hydrogen) atoms. The Hall–Kier alpha value is -1.66. The second kappa shape index (κ2) is 9.43. The van der Waals surface area contributed by atoms with Gasteiger partial charge in [-0.05, 0) is 61.7 Å². The van der Waals surface area contributed by atoms with E-state index in [1.54, 1.807) is 12.1 Å². The fourth-order valence-corrected chi connectivity index (χ4v) is 4.11. The second-order valence-corrected chi connectivity index (χ2v) is 8.56. The zero-order chi connectivity index (χ0) is 21.0. The van der Waals surface area contributed by atoms with Gasteiger partial charge < -0.3 is 15.7 Å². The van der Waals surface area contributed by atoms with E-state index in [-0.39, 0.29) is 11.5 Å².